The Bertz CT molecular complexity index is 2760. The molecule has 20 heteroatoms. The van der Waals surface area contributed by atoms with Gasteiger partial charge < -0.3 is 58.5 Å². The third-order valence-corrected chi connectivity index (χ3v) is 10.7. The maximum absolute atomic E-state index is 6.84. The van der Waals surface area contributed by atoms with Crippen LogP contribution in [0, 0.1) is 37.6 Å². The van der Waals surface area contributed by atoms with Gasteiger partial charge in [-0.3, -0.25) is 9.36 Å². The van der Waals surface area contributed by atoms with Gasteiger partial charge in [0.2, 0.25) is 13.4 Å². The van der Waals surface area contributed by atoms with Crippen molar-refractivity contribution in [3.05, 3.63) is 124 Å². The molecule has 298 valence electrons. The van der Waals surface area contributed by atoms with Crippen molar-refractivity contribution in [2.24, 2.45) is 0 Å². The second-order valence-corrected chi connectivity index (χ2v) is 14.2. The van der Waals surface area contributed by atoms with Crippen LogP contribution in [0.4, 0.5) is 11.4 Å². The van der Waals surface area contributed by atoms with Gasteiger partial charge >= 0.3 is 0 Å². The predicted octanol–water partition coefficient (Wildman–Crippen LogP) is 0.974. The summed E-state index contributed by atoms with van der Waals surface area (Å²) in [6.45, 7) is 2.72. The Balaban J connectivity index is 0.00000204. The number of pyridine rings is 4. The number of fused-ring (bicyclic) bond motifs is 10. The SMILES string of the molecule is CN1C=CN(c2[c-]c3c(nc2)Oc2c4c5c(c6c2B3c2[c-]c(-n3cccn3)cnc2O6)Oc2ncc(-n3cccn3)[c-]c2B5c2[c-]c(N3C=CN(C)[CH-]3)cnc2O4)[CH-]1.[Pt].[Pt]. The Kier molecular flexibility index (Phi) is 8.30. The average molecular weight is 1150 g/mol. The van der Waals surface area contributed by atoms with Gasteiger partial charge in [-0.05, 0) is 62.4 Å². The van der Waals surface area contributed by atoms with Crippen LogP contribution in [0.1, 0.15) is 0 Å². The van der Waals surface area contributed by atoms with Crippen LogP contribution in [-0.4, -0.2) is 76.8 Å². The molecule has 7 aromatic rings. The molecule has 16 nitrogen and oxygen atoms in total. The van der Waals surface area contributed by atoms with Crippen molar-refractivity contribution in [2.45, 2.75) is 0 Å². The molecule has 6 aromatic heterocycles. The van der Waals surface area contributed by atoms with E-state index in [0.717, 1.165) is 0 Å². The summed E-state index contributed by atoms with van der Waals surface area (Å²) >= 11 is 0. The van der Waals surface area contributed by atoms with Gasteiger partial charge in [-0.1, -0.05) is 36.2 Å². The van der Waals surface area contributed by atoms with Gasteiger partial charge in [0.25, 0.3) is 0 Å². The molecule has 0 saturated carbocycles. The Labute approximate surface area is 371 Å². The minimum absolute atomic E-state index is 0. The molecule has 0 aliphatic carbocycles. The van der Waals surface area contributed by atoms with E-state index in [2.05, 4.69) is 34.5 Å². The zero-order chi connectivity index (χ0) is 38.2. The molecular weight excluding hydrogens is 1120 g/mol. The summed E-state index contributed by atoms with van der Waals surface area (Å²) in [6, 6.07) is 18.0. The maximum Gasteiger partial charge on any atom is 0.211 e. The van der Waals surface area contributed by atoms with Crippen molar-refractivity contribution in [3.8, 4) is 57.9 Å². The molecule has 6 aliphatic heterocycles. The fraction of sp³-hybridized carbons (Fsp3) is 0.0500. The van der Waals surface area contributed by atoms with Crippen LogP contribution in [0.3, 0.4) is 0 Å². The number of aromatic nitrogens is 8. The maximum atomic E-state index is 6.84. The standard InChI is InChI=1S/C40H22B2N12O4.2Pt/c1-49-9-11-51(21-49)23-13-27-37(43-17-23)55-33-31-35(57-39-29(41(27)31)15-25(19-45-39)53-7-3-5-47-53)36-32-34(33)56-38-28(14-24(18-44-38)52-12-10-50(2)22-52)42(32)30-16-26(20-46-40(30)58-36)54-8-4-6-48-54;;/h3-12,17-22H,1-2H3;;/q-6;;. The molecule has 0 saturated heterocycles. The molecule has 60 heavy (non-hydrogen) atoms. The van der Waals surface area contributed by atoms with E-state index in [9.17, 15) is 0 Å². The number of benzene rings is 1. The smallest absolute Gasteiger partial charge is 0.211 e. The third-order valence-electron chi connectivity index (χ3n) is 10.7. The van der Waals surface area contributed by atoms with Crippen molar-refractivity contribution < 1.29 is 61.1 Å². The first kappa shape index (κ1) is 36.7. The molecule has 13 rings (SSSR count). The van der Waals surface area contributed by atoms with Crippen LogP contribution in [-0.2, 0) is 42.1 Å². The van der Waals surface area contributed by atoms with Crippen molar-refractivity contribution >= 4 is 57.6 Å². The van der Waals surface area contributed by atoms with Gasteiger partial charge in [0, 0.05) is 77.8 Å². The molecule has 0 amide bonds. The second-order valence-electron chi connectivity index (χ2n) is 14.2. The first-order chi connectivity index (χ1) is 28.5. The average Bonchev–Trinajstić information content (AvgIpc) is 4.11. The zero-order valence-electron chi connectivity index (χ0n) is 31.0. The van der Waals surface area contributed by atoms with E-state index < -0.39 is 13.4 Å². The summed E-state index contributed by atoms with van der Waals surface area (Å²) in [4.78, 5) is 27.2. The summed E-state index contributed by atoms with van der Waals surface area (Å²) in [6.07, 6.45) is 21.7. The normalized spacial score (nSPS) is 15.3. The van der Waals surface area contributed by atoms with Gasteiger partial charge in [0.05, 0.1) is 23.5 Å². The third kappa shape index (κ3) is 5.33. The summed E-state index contributed by atoms with van der Waals surface area (Å²) in [7, 11) is 3.91. The number of rotatable bonds is 4. The van der Waals surface area contributed by atoms with E-state index in [1.54, 1.807) is 46.5 Å². The molecular formula is C40H22B2N12O4Pt2-6. The van der Waals surface area contributed by atoms with Gasteiger partial charge in [-0.2, -0.15) is 47.8 Å². The fourth-order valence-electron chi connectivity index (χ4n) is 8.14. The van der Waals surface area contributed by atoms with Gasteiger partial charge in [0.15, 0.2) is 23.0 Å². The largest absolute Gasteiger partial charge is 0.510 e. The van der Waals surface area contributed by atoms with Crippen molar-refractivity contribution in [3.63, 3.8) is 0 Å². The predicted molar refractivity (Wildman–Crippen MR) is 210 cm³/mol. The zero-order valence-corrected chi connectivity index (χ0v) is 35.6. The van der Waals surface area contributed by atoms with Crippen molar-refractivity contribution in [1.82, 2.24) is 49.3 Å². The quantitative estimate of drug-likeness (QED) is 0.183. The van der Waals surface area contributed by atoms with E-state index in [-0.39, 0.29) is 42.1 Å². The van der Waals surface area contributed by atoms with Crippen LogP contribution < -0.4 is 61.5 Å². The summed E-state index contributed by atoms with van der Waals surface area (Å²) in [5, 5.41) is 8.88. The second kappa shape index (κ2) is 13.6. The van der Waals surface area contributed by atoms with E-state index in [4.69, 9.17) is 38.9 Å². The van der Waals surface area contributed by atoms with Gasteiger partial charge in [-0.15, -0.1) is 21.9 Å². The monoisotopic (exact) mass is 1150 g/mol. The van der Waals surface area contributed by atoms with Crippen LogP contribution in [0.5, 0.6) is 46.5 Å². The van der Waals surface area contributed by atoms with E-state index in [1.807, 2.05) is 96.4 Å². The minimum atomic E-state index is -0.578. The number of nitrogens with zero attached hydrogens (tertiary/aromatic N) is 12. The van der Waals surface area contributed by atoms with Crippen LogP contribution in [0.2, 0.25) is 0 Å². The fourth-order valence-corrected chi connectivity index (χ4v) is 8.14. The molecule has 0 fully saturated rings. The molecule has 0 radical (unpaired) electrons. The first-order valence-electron chi connectivity index (χ1n) is 18.2. The summed E-state index contributed by atoms with van der Waals surface area (Å²) in [5.74, 6) is 2.97. The van der Waals surface area contributed by atoms with E-state index in [0.29, 0.717) is 102 Å². The van der Waals surface area contributed by atoms with E-state index >= 15 is 0 Å². The van der Waals surface area contributed by atoms with Gasteiger partial charge in [0.1, 0.15) is 0 Å². The molecule has 1 aromatic carbocycles. The summed E-state index contributed by atoms with van der Waals surface area (Å²) in [5.41, 5.74) is 6.56. The van der Waals surface area contributed by atoms with Crippen LogP contribution >= 0.6 is 0 Å². The Morgan fingerprint density at radius 3 is 1.17 bits per heavy atom. The Hall–Kier alpha value is -6.37. The molecule has 0 spiro atoms. The van der Waals surface area contributed by atoms with E-state index in [1.165, 1.54) is 0 Å². The minimum Gasteiger partial charge on any atom is -0.510 e. The molecule has 0 bridgehead atoms. The molecule has 0 atom stereocenters. The molecule has 12 heterocycles. The van der Waals surface area contributed by atoms with Crippen molar-refractivity contribution in [1.29, 1.82) is 0 Å². The topological polar surface area (TPSA) is 137 Å². The number of hydrogen-bond donors (Lipinski definition) is 0. The molecule has 0 N–H and O–H groups in total. The Morgan fingerprint density at radius 1 is 0.500 bits per heavy atom. The van der Waals surface area contributed by atoms with Crippen molar-refractivity contribution in [2.75, 3.05) is 23.9 Å². The van der Waals surface area contributed by atoms with Crippen LogP contribution in [0.25, 0.3) is 11.4 Å². The molecule has 0 unspecified atom stereocenters. The number of hydrogen-bond acceptors (Lipinski definition) is 14. The number of anilines is 2. The molecule has 6 aliphatic rings. The first-order valence-corrected chi connectivity index (χ1v) is 18.2. The van der Waals surface area contributed by atoms with Gasteiger partial charge in [-0.25, -0.2) is 0 Å². The Morgan fingerprint density at radius 2 is 0.850 bits per heavy atom. The van der Waals surface area contributed by atoms with Crippen LogP contribution in [0.15, 0.2) is 86.5 Å². The number of ether oxygens (including phenoxy) is 4. The summed E-state index contributed by atoms with van der Waals surface area (Å²) < 4.78 is 30.7.